The lowest BCUT2D eigenvalue weighted by Gasteiger charge is -2.46. The van der Waals surface area contributed by atoms with Crippen LogP contribution in [0.4, 0.5) is 0 Å². The SMILES string of the molecule is C1=CCC([Si](O[Si](C2=CC=CC2)(C2=CC=CC2)c2ccccc2)(C2=CC=CC2)c2ccccc2)=C1. The van der Waals surface area contributed by atoms with Crippen LogP contribution in [0.1, 0.15) is 25.7 Å². The van der Waals surface area contributed by atoms with Crippen molar-refractivity contribution < 1.29 is 4.12 Å². The van der Waals surface area contributed by atoms with Crippen molar-refractivity contribution in [2.24, 2.45) is 0 Å². The summed E-state index contributed by atoms with van der Waals surface area (Å²) in [6.45, 7) is 0. The highest BCUT2D eigenvalue weighted by molar-refractivity contribution is 7.10. The largest absolute Gasteiger partial charge is 0.436 e. The van der Waals surface area contributed by atoms with E-state index in [1.54, 1.807) is 0 Å². The molecule has 0 radical (unpaired) electrons. The first kappa shape index (κ1) is 22.2. The van der Waals surface area contributed by atoms with E-state index < -0.39 is 16.6 Å². The first-order chi connectivity index (χ1) is 17.3. The third-order valence-corrected chi connectivity index (χ3v) is 17.4. The number of benzene rings is 2. The van der Waals surface area contributed by atoms with Gasteiger partial charge in [-0.15, -0.1) is 0 Å². The third kappa shape index (κ3) is 3.71. The Morgan fingerprint density at radius 2 is 0.743 bits per heavy atom. The Bertz CT molecular complexity index is 1190. The lowest BCUT2D eigenvalue weighted by molar-refractivity contribution is 0.573. The molecule has 0 N–H and O–H groups in total. The predicted molar refractivity (Wildman–Crippen MR) is 152 cm³/mol. The molecule has 6 rings (SSSR count). The van der Waals surface area contributed by atoms with Crippen molar-refractivity contribution in [3.63, 3.8) is 0 Å². The molecule has 0 aromatic heterocycles. The molecule has 0 atom stereocenters. The van der Waals surface area contributed by atoms with Gasteiger partial charge in [0, 0.05) is 0 Å². The Morgan fingerprint density at radius 1 is 0.429 bits per heavy atom. The van der Waals surface area contributed by atoms with Crippen molar-refractivity contribution in [3.8, 4) is 0 Å². The van der Waals surface area contributed by atoms with Gasteiger partial charge in [-0.05, 0) is 56.8 Å². The van der Waals surface area contributed by atoms with Crippen LogP contribution < -0.4 is 10.4 Å². The Kier molecular flexibility index (Phi) is 5.99. The fraction of sp³-hybridized carbons (Fsp3) is 0.125. The molecule has 0 bridgehead atoms. The zero-order valence-electron chi connectivity index (χ0n) is 19.9. The van der Waals surface area contributed by atoms with Gasteiger partial charge in [0.1, 0.15) is 0 Å². The second-order valence-corrected chi connectivity index (χ2v) is 16.8. The maximum Gasteiger partial charge on any atom is 0.271 e. The molecule has 0 fully saturated rings. The van der Waals surface area contributed by atoms with Gasteiger partial charge in [0.25, 0.3) is 16.6 Å². The van der Waals surface area contributed by atoms with Gasteiger partial charge in [0.2, 0.25) is 0 Å². The molecule has 0 amide bonds. The summed E-state index contributed by atoms with van der Waals surface area (Å²) in [6.07, 6.45) is 31.4. The van der Waals surface area contributed by atoms with E-state index in [2.05, 4.69) is 134 Å². The van der Waals surface area contributed by atoms with Gasteiger partial charge in [0.05, 0.1) is 0 Å². The van der Waals surface area contributed by atoms with Crippen LogP contribution in [-0.4, -0.2) is 16.6 Å². The van der Waals surface area contributed by atoms with Crippen LogP contribution in [0.25, 0.3) is 0 Å². The number of rotatable bonds is 8. The summed E-state index contributed by atoms with van der Waals surface area (Å²) in [6, 6.07) is 22.3. The van der Waals surface area contributed by atoms with Crippen molar-refractivity contribution in [1.82, 2.24) is 0 Å². The average Bonchev–Trinajstić information content (AvgIpc) is 3.75. The van der Waals surface area contributed by atoms with E-state index in [9.17, 15) is 0 Å². The van der Waals surface area contributed by atoms with Gasteiger partial charge in [-0.2, -0.15) is 0 Å². The zero-order chi connectivity index (χ0) is 23.6. The highest BCUT2D eigenvalue weighted by atomic mass is 28.4. The number of allylic oxidation sites excluding steroid dienone is 16. The third-order valence-electron chi connectivity index (χ3n) is 7.56. The first-order valence-corrected chi connectivity index (χ1v) is 16.4. The summed E-state index contributed by atoms with van der Waals surface area (Å²) < 4.78 is 8.18. The number of hydrogen-bond acceptors (Lipinski definition) is 1. The highest BCUT2D eigenvalue weighted by Crippen LogP contribution is 2.42. The van der Waals surface area contributed by atoms with Gasteiger partial charge >= 0.3 is 0 Å². The molecular formula is C32H30OSi2. The molecule has 0 spiro atoms. The zero-order valence-corrected chi connectivity index (χ0v) is 21.9. The molecule has 0 saturated carbocycles. The minimum Gasteiger partial charge on any atom is -0.436 e. The van der Waals surface area contributed by atoms with E-state index in [4.69, 9.17) is 4.12 Å². The summed E-state index contributed by atoms with van der Waals surface area (Å²) in [4.78, 5) is 0. The lowest BCUT2D eigenvalue weighted by Crippen LogP contribution is -2.67. The average molecular weight is 487 g/mol. The maximum absolute atomic E-state index is 8.18. The van der Waals surface area contributed by atoms with E-state index in [-0.39, 0.29) is 0 Å². The second-order valence-electron chi connectivity index (χ2n) is 9.49. The van der Waals surface area contributed by atoms with Crippen molar-refractivity contribution in [2.75, 3.05) is 0 Å². The van der Waals surface area contributed by atoms with Crippen LogP contribution in [-0.2, 0) is 4.12 Å². The monoisotopic (exact) mass is 486 g/mol. The van der Waals surface area contributed by atoms with Gasteiger partial charge in [0.15, 0.2) is 0 Å². The quantitative estimate of drug-likeness (QED) is 0.392. The van der Waals surface area contributed by atoms with E-state index in [1.165, 1.54) is 31.2 Å². The smallest absolute Gasteiger partial charge is 0.271 e. The maximum atomic E-state index is 8.18. The first-order valence-electron chi connectivity index (χ1n) is 12.6. The summed E-state index contributed by atoms with van der Waals surface area (Å²) in [7, 11) is -5.47. The Hall–Kier alpha value is -3.25. The van der Waals surface area contributed by atoms with E-state index in [0.29, 0.717) is 0 Å². The lowest BCUT2D eigenvalue weighted by atomic mass is 10.4. The molecule has 0 unspecified atom stereocenters. The van der Waals surface area contributed by atoms with Gasteiger partial charge in [-0.3, -0.25) is 0 Å². The topological polar surface area (TPSA) is 9.23 Å². The Labute approximate surface area is 210 Å². The normalized spacial score (nSPS) is 18.7. The van der Waals surface area contributed by atoms with Crippen molar-refractivity contribution in [1.29, 1.82) is 0 Å². The van der Waals surface area contributed by atoms with Gasteiger partial charge in [-0.25, -0.2) is 0 Å². The van der Waals surface area contributed by atoms with E-state index in [0.717, 1.165) is 25.7 Å². The fourth-order valence-electron chi connectivity index (χ4n) is 5.94. The van der Waals surface area contributed by atoms with Crippen LogP contribution in [0.3, 0.4) is 0 Å². The molecule has 4 aliphatic carbocycles. The van der Waals surface area contributed by atoms with Crippen molar-refractivity contribution >= 4 is 27.0 Å². The minimum absolute atomic E-state index is 0.965. The van der Waals surface area contributed by atoms with E-state index in [1.807, 2.05) is 0 Å². The molecule has 0 saturated heterocycles. The molecule has 3 heteroatoms. The molecule has 172 valence electrons. The molecular weight excluding hydrogens is 457 g/mol. The Morgan fingerprint density at radius 3 is 1.00 bits per heavy atom. The predicted octanol–water partition coefficient (Wildman–Crippen LogP) is 6.41. The molecule has 4 aliphatic rings. The standard InChI is InChI=1S/C32H30OSi2/c1-3-15-27(16-4-1)34(29-19-7-8-20-29,30-21-9-10-22-30)33-35(31-23-11-12-24-31,32-25-13-14-26-32)28-17-5-2-6-18-28/h1-19,21,23,25H,20,22,24,26H2. The summed E-state index contributed by atoms with van der Waals surface area (Å²) in [5, 5.41) is 8.56. The minimum atomic E-state index is -2.74. The van der Waals surface area contributed by atoms with E-state index >= 15 is 0 Å². The molecule has 35 heavy (non-hydrogen) atoms. The van der Waals surface area contributed by atoms with Crippen LogP contribution in [0.15, 0.2) is 154 Å². The van der Waals surface area contributed by atoms with Crippen LogP contribution in [0.5, 0.6) is 0 Å². The fourth-order valence-corrected chi connectivity index (χ4v) is 17.4. The second kappa shape index (κ2) is 9.42. The summed E-state index contributed by atoms with van der Waals surface area (Å²) in [5.74, 6) is 0. The number of hydrogen-bond donors (Lipinski definition) is 0. The van der Waals surface area contributed by atoms with Gasteiger partial charge < -0.3 is 4.12 Å². The Balaban J connectivity index is 1.64. The summed E-state index contributed by atoms with van der Waals surface area (Å²) in [5.41, 5.74) is 0. The van der Waals surface area contributed by atoms with Crippen LogP contribution >= 0.6 is 0 Å². The van der Waals surface area contributed by atoms with Crippen LogP contribution in [0.2, 0.25) is 0 Å². The molecule has 0 heterocycles. The summed E-state index contributed by atoms with van der Waals surface area (Å²) >= 11 is 0. The van der Waals surface area contributed by atoms with Crippen LogP contribution in [0, 0.1) is 0 Å². The van der Waals surface area contributed by atoms with Gasteiger partial charge in [-0.1, -0.05) is 134 Å². The molecule has 0 aliphatic heterocycles. The molecule has 1 nitrogen and oxygen atoms in total. The molecule has 2 aromatic rings. The van der Waals surface area contributed by atoms with Crippen molar-refractivity contribution in [2.45, 2.75) is 25.7 Å². The van der Waals surface area contributed by atoms with Crippen molar-refractivity contribution in [3.05, 3.63) is 154 Å². The highest BCUT2D eigenvalue weighted by Gasteiger charge is 2.55. The molecule has 2 aromatic carbocycles.